The SMILES string of the molecule is COc1cc(CNC2CCCC2OC)cc(Br)c1O. The number of benzene rings is 1. The summed E-state index contributed by atoms with van der Waals surface area (Å²) >= 11 is 3.33. The average molecular weight is 330 g/mol. The van der Waals surface area contributed by atoms with Crippen LogP contribution in [0.3, 0.4) is 0 Å². The Labute approximate surface area is 122 Å². The van der Waals surface area contributed by atoms with Gasteiger partial charge in [0, 0.05) is 19.7 Å². The second kappa shape index (κ2) is 6.59. The Morgan fingerprint density at radius 1 is 1.37 bits per heavy atom. The molecule has 0 amide bonds. The van der Waals surface area contributed by atoms with Crippen LogP contribution in [0.2, 0.25) is 0 Å². The molecule has 0 heterocycles. The van der Waals surface area contributed by atoms with Gasteiger partial charge in [-0.2, -0.15) is 0 Å². The maximum atomic E-state index is 9.77. The van der Waals surface area contributed by atoms with Crippen LogP contribution in [0.1, 0.15) is 24.8 Å². The summed E-state index contributed by atoms with van der Waals surface area (Å²) in [4.78, 5) is 0. The monoisotopic (exact) mass is 329 g/mol. The molecule has 2 unspecified atom stereocenters. The third-order valence-corrected chi connectivity index (χ3v) is 4.24. The van der Waals surface area contributed by atoms with Gasteiger partial charge in [0.25, 0.3) is 0 Å². The summed E-state index contributed by atoms with van der Waals surface area (Å²) in [6, 6.07) is 4.16. The molecule has 106 valence electrons. The van der Waals surface area contributed by atoms with Crippen molar-refractivity contribution < 1.29 is 14.6 Å². The first-order valence-electron chi connectivity index (χ1n) is 6.47. The number of methoxy groups -OCH3 is 2. The molecule has 0 saturated heterocycles. The third-order valence-electron chi connectivity index (χ3n) is 3.63. The zero-order valence-electron chi connectivity index (χ0n) is 11.3. The lowest BCUT2D eigenvalue weighted by Crippen LogP contribution is -2.36. The number of halogens is 1. The van der Waals surface area contributed by atoms with Crippen molar-refractivity contribution in [2.45, 2.75) is 38.0 Å². The standard InChI is InChI=1S/C14H20BrNO3/c1-18-12-5-3-4-11(12)16-8-9-6-10(15)14(17)13(7-9)19-2/h6-7,11-12,16-17H,3-5,8H2,1-2H3. The van der Waals surface area contributed by atoms with Gasteiger partial charge in [0.15, 0.2) is 11.5 Å². The fraction of sp³-hybridized carbons (Fsp3) is 0.571. The highest BCUT2D eigenvalue weighted by molar-refractivity contribution is 9.10. The predicted molar refractivity (Wildman–Crippen MR) is 77.6 cm³/mol. The lowest BCUT2D eigenvalue weighted by molar-refractivity contribution is 0.0847. The van der Waals surface area contributed by atoms with Gasteiger partial charge in [-0.25, -0.2) is 0 Å². The number of hydrogen-bond donors (Lipinski definition) is 2. The first-order valence-corrected chi connectivity index (χ1v) is 7.26. The molecule has 1 aromatic carbocycles. The lowest BCUT2D eigenvalue weighted by atomic mass is 10.1. The van der Waals surface area contributed by atoms with Crippen molar-refractivity contribution in [3.63, 3.8) is 0 Å². The zero-order valence-corrected chi connectivity index (χ0v) is 12.9. The fourth-order valence-corrected chi connectivity index (χ4v) is 3.06. The van der Waals surface area contributed by atoms with Crippen LogP contribution in [0.25, 0.3) is 0 Å². The molecule has 1 aliphatic rings. The summed E-state index contributed by atoms with van der Waals surface area (Å²) in [5.41, 5.74) is 1.07. The van der Waals surface area contributed by atoms with Gasteiger partial charge >= 0.3 is 0 Å². The van der Waals surface area contributed by atoms with E-state index in [-0.39, 0.29) is 5.75 Å². The normalized spacial score (nSPS) is 22.7. The van der Waals surface area contributed by atoms with Crippen molar-refractivity contribution in [2.75, 3.05) is 14.2 Å². The summed E-state index contributed by atoms with van der Waals surface area (Å²) < 4.78 is 11.3. The van der Waals surface area contributed by atoms with Gasteiger partial charge in [0.05, 0.1) is 17.7 Å². The molecule has 2 rings (SSSR count). The molecule has 0 aromatic heterocycles. The van der Waals surface area contributed by atoms with Gasteiger partial charge < -0.3 is 19.9 Å². The van der Waals surface area contributed by atoms with Crippen molar-refractivity contribution in [3.8, 4) is 11.5 Å². The third kappa shape index (κ3) is 3.41. The van der Waals surface area contributed by atoms with Crippen molar-refractivity contribution in [3.05, 3.63) is 22.2 Å². The van der Waals surface area contributed by atoms with E-state index >= 15 is 0 Å². The summed E-state index contributed by atoms with van der Waals surface area (Å²) in [5, 5.41) is 13.3. The fourth-order valence-electron chi connectivity index (χ4n) is 2.58. The Kier molecular flexibility index (Phi) is 5.07. The number of phenolic OH excluding ortho intramolecular Hbond substituents is 1. The maximum Gasteiger partial charge on any atom is 0.172 e. The molecular weight excluding hydrogens is 310 g/mol. The highest BCUT2D eigenvalue weighted by atomic mass is 79.9. The van der Waals surface area contributed by atoms with Crippen LogP contribution in [0.4, 0.5) is 0 Å². The minimum Gasteiger partial charge on any atom is -0.503 e. The molecule has 0 radical (unpaired) electrons. The minimum atomic E-state index is 0.141. The highest BCUT2D eigenvalue weighted by Gasteiger charge is 2.26. The van der Waals surface area contributed by atoms with Gasteiger partial charge in [-0.1, -0.05) is 0 Å². The second-order valence-electron chi connectivity index (χ2n) is 4.82. The van der Waals surface area contributed by atoms with Crippen LogP contribution >= 0.6 is 15.9 Å². The van der Waals surface area contributed by atoms with Crippen LogP contribution < -0.4 is 10.1 Å². The first-order chi connectivity index (χ1) is 9.15. The average Bonchev–Trinajstić information content (AvgIpc) is 2.87. The summed E-state index contributed by atoms with van der Waals surface area (Å²) in [6.07, 6.45) is 3.78. The number of phenols is 1. The second-order valence-corrected chi connectivity index (χ2v) is 5.68. The van der Waals surface area contributed by atoms with Crippen molar-refractivity contribution in [1.82, 2.24) is 5.32 Å². The Morgan fingerprint density at radius 3 is 2.84 bits per heavy atom. The molecule has 0 bridgehead atoms. The molecule has 0 aliphatic heterocycles. The topological polar surface area (TPSA) is 50.7 Å². The molecule has 0 spiro atoms. The molecule has 2 N–H and O–H groups in total. The van der Waals surface area contributed by atoms with E-state index in [0.29, 0.717) is 22.4 Å². The summed E-state index contributed by atoms with van der Waals surface area (Å²) in [7, 11) is 3.32. The van der Waals surface area contributed by atoms with Crippen molar-refractivity contribution in [2.24, 2.45) is 0 Å². The molecule has 1 fully saturated rings. The lowest BCUT2D eigenvalue weighted by Gasteiger charge is -2.20. The molecule has 2 atom stereocenters. The van der Waals surface area contributed by atoms with Crippen LogP contribution in [-0.2, 0) is 11.3 Å². The number of ether oxygens (including phenoxy) is 2. The Morgan fingerprint density at radius 2 is 2.16 bits per heavy atom. The summed E-state index contributed by atoms with van der Waals surface area (Å²) in [6.45, 7) is 0.736. The van der Waals surface area contributed by atoms with Crippen LogP contribution in [0.15, 0.2) is 16.6 Å². The quantitative estimate of drug-likeness (QED) is 0.872. The minimum absolute atomic E-state index is 0.141. The smallest absolute Gasteiger partial charge is 0.172 e. The van der Waals surface area contributed by atoms with E-state index in [1.807, 2.05) is 12.1 Å². The molecular formula is C14H20BrNO3. The van der Waals surface area contributed by atoms with Crippen LogP contribution in [-0.4, -0.2) is 31.5 Å². The van der Waals surface area contributed by atoms with Gasteiger partial charge in [-0.15, -0.1) is 0 Å². The van der Waals surface area contributed by atoms with Crippen LogP contribution in [0.5, 0.6) is 11.5 Å². The summed E-state index contributed by atoms with van der Waals surface area (Å²) in [5.74, 6) is 0.628. The van der Waals surface area contributed by atoms with E-state index in [9.17, 15) is 5.11 Å². The van der Waals surface area contributed by atoms with E-state index in [2.05, 4.69) is 21.2 Å². The van der Waals surface area contributed by atoms with Gasteiger partial charge in [0.2, 0.25) is 0 Å². The van der Waals surface area contributed by atoms with E-state index in [0.717, 1.165) is 24.9 Å². The van der Waals surface area contributed by atoms with E-state index in [1.165, 1.54) is 6.42 Å². The van der Waals surface area contributed by atoms with E-state index in [1.54, 1.807) is 14.2 Å². The Hall–Kier alpha value is -0.780. The van der Waals surface area contributed by atoms with Crippen LogP contribution in [0, 0.1) is 0 Å². The predicted octanol–water partition coefficient (Wildman–Crippen LogP) is 2.82. The molecule has 1 aromatic rings. The number of aromatic hydroxyl groups is 1. The van der Waals surface area contributed by atoms with E-state index < -0.39 is 0 Å². The van der Waals surface area contributed by atoms with Crippen molar-refractivity contribution >= 4 is 15.9 Å². The number of hydrogen-bond acceptors (Lipinski definition) is 4. The zero-order chi connectivity index (χ0) is 13.8. The number of rotatable bonds is 5. The Balaban J connectivity index is 2.01. The maximum absolute atomic E-state index is 9.77. The van der Waals surface area contributed by atoms with Gasteiger partial charge in [-0.05, 0) is 52.9 Å². The van der Waals surface area contributed by atoms with Gasteiger partial charge in [-0.3, -0.25) is 0 Å². The molecule has 1 saturated carbocycles. The highest BCUT2D eigenvalue weighted by Crippen LogP contribution is 2.35. The number of nitrogens with one attached hydrogen (secondary N) is 1. The first kappa shape index (κ1) is 14.6. The molecule has 1 aliphatic carbocycles. The molecule has 5 heteroatoms. The molecule has 4 nitrogen and oxygen atoms in total. The van der Waals surface area contributed by atoms with Crippen molar-refractivity contribution in [1.29, 1.82) is 0 Å². The largest absolute Gasteiger partial charge is 0.503 e. The Bertz CT molecular complexity index is 439. The van der Waals surface area contributed by atoms with Gasteiger partial charge in [0.1, 0.15) is 0 Å². The van der Waals surface area contributed by atoms with E-state index in [4.69, 9.17) is 9.47 Å². The molecule has 19 heavy (non-hydrogen) atoms.